The van der Waals surface area contributed by atoms with Gasteiger partial charge in [0, 0.05) is 41.7 Å². The minimum atomic E-state index is -4.44. The molecule has 0 aromatic heterocycles. The molecule has 2 rings (SSSR count). The highest BCUT2D eigenvalue weighted by Gasteiger charge is 2.09. The summed E-state index contributed by atoms with van der Waals surface area (Å²) in [4.78, 5) is 0. The summed E-state index contributed by atoms with van der Waals surface area (Å²) in [6.45, 7) is -16.2. The largest absolute Gasteiger partial charge is 0.508 e. The molecule has 5 heteroatoms. The van der Waals surface area contributed by atoms with Crippen LogP contribution in [0.3, 0.4) is 0 Å². The minimum absolute atomic E-state index is 0.145. The Balaban J connectivity index is 2.45. The lowest BCUT2D eigenvalue weighted by atomic mass is 10.1. The SMILES string of the molecule is [2H]c1c([2H])c(C([2H])(O)C([2H])([2H])NC([2H])([2H])C([2H])([2H])C([2H])([2H])C([2H])([2H])C([2H])([2H])C([2H])([2H])OCCCCc2ccccc2)c([2H])c(C([2H])([2H])O)c1O. The highest BCUT2D eigenvalue weighted by molar-refractivity contribution is 5.36. The third-order valence-corrected chi connectivity index (χ3v) is 3.56. The van der Waals surface area contributed by atoms with Crippen LogP contribution >= 0.6 is 0 Å². The lowest BCUT2D eigenvalue weighted by molar-refractivity contribution is 0.126. The fourth-order valence-corrected chi connectivity index (χ4v) is 2.14. The first-order valence-electron chi connectivity index (χ1n) is 18.9. The van der Waals surface area contributed by atoms with Crippen molar-refractivity contribution < 1.29 is 47.5 Å². The number of unbranched alkanes of at least 4 members (excludes halogenated alkanes) is 1. The number of ether oxygens (including phenoxy) is 1. The summed E-state index contributed by atoms with van der Waals surface area (Å²) < 4.78 is 167. The summed E-state index contributed by atoms with van der Waals surface area (Å²) in [6.07, 6.45) is -20.3. The summed E-state index contributed by atoms with van der Waals surface area (Å²) in [5.74, 6) is -1.49. The van der Waals surface area contributed by atoms with Crippen molar-refractivity contribution in [3.63, 3.8) is 0 Å². The van der Waals surface area contributed by atoms with Crippen LogP contribution in [0.25, 0.3) is 0 Å². The minimum Gasteiger partial charge on any atom is -0.508 e. The third-order valence-electron chi connectivity index (χ3n) is 3.56. The molecule has 2 aromatic rings. The monoisotopic (exact) mass is 435 g/mol. The van der Waals surface area contributed by atoms with Gasteiger partial charge in [0.05, 0.1) is 23.6 Å². The van der Waals surface area contributed by atoms with Gasteiger partial charge in [-0.15, -0.1) is 0 Å². The topological polar surface area (TPSA) is 82.0 Å². The number of phenols is 1. The van der Waals surface area contributed by atoms with Crippen molar-refractivity contribution in [2.75, 3.05) is 26.2 Å². The molecule has 0 saturated carbocycles. The molecular formula is C25H37NO4. The second-order valence-corrected chi connectivity index (χ2v) is 5.70. The first-order chi connectivity index (χ1) is 22.2. The molecule has 0 aliphatic carbocycles. The number of hydrogen-bond acceptors (Lipinski definition) is 5. The molecular weight excluding hydrogens is 378 g/mol. The second kappa shape index (κ2) is 15.0. The molecule has 0 heterocycles. The van der Waals surface area contributed by atoms with E-state index in [0.29, 0.717) is 12.8 Å². The number of rotatable bonds is 16. The van der Waals surface area contributed by atoms with Crippen molar-refractivity contribution in [3.8, 4) is 5.75 Å². The Morgan fingerprint density at radius 3 is 2.70 bits per heavy atom. The predicted octanol–water partition coefficient (Wildman–Crippen LogP) is 4.11. The smallest absolute Gasteiger partial charge is 0.121 e. The van der Waals surface area contributed by atoms with Crippen molar-refractivity contribution >= 4 is 0 Å². The zero-order chi connectivity index (χ0) is 39.3. The molecule has 0 amide bonds. The molecule has 1 unspecified atom stereocenters. The number of aryl methyl sites for hydroxylation is 1. The van der Waals surface area contributed by atoms with Gasteiger partial charge in [-0.2, -0.15) is 0 Å². The van der Waals surface area contributed by atoms with E-state index in [4.69, 9.17) is 32.2 Å². The molecule has 0 aliphatic rings. The van der Waals surface area contributed by atoms with Gasteiger partial charge in [-0.25, -0.2) is 0 Å². The highest BCUT2D eigenvalue weighted by atomic mass is 16.5. The van der Waals surface area contributed by atoms with E-state index in [1.54, 1.807) is 18.2 Å². The second-order valence-electron chi connectivity index (χ2n) is 5.70. The quantitative estimate of drug-likeness (QED) is 0.298. The maximum atomic E-state index is 10.9. The Morgan fingerprint density at radius 2 is 1.90 bits per heavy atom. The fourth-order valence-electron chi connectivity index (χ4n) is 2.14. The molecule has 0 radical (unpaired) electrons. The van der Waals surface area contributed by atoms with Gasteiger partial charge >= 0.3 is 0 Å². The van der Waals surface area contributed by atoms with E-state index in [1.807, 2.05) is 12.1 Å². The van der Waals surface area contributed by atoms with Gasteiger partial charge in [0.25, 0.3) is 0 Å². The van der Waals surface area contributed by atoms with Gasteiger partial charge in [-0.05, 0) is 61.7 Å². The molecule has 4 N–H and O–H groups in total. The van der Waals surface area contributed by atoms with Crippen molar-refractivity contribution in [2.24, 2.45) is 0 Å². The van der Waals surface area contributed by atoms with Gasteiger partial charge in [-0.3, -0.25) is 0 Å². The van der Waals surface area contributed by atoms with Crippen molar-refractivity contribution in [3.05, 3.63) is 65.1 Å². The number of benzene rings is 2. The molecule has 166 valence electrons. The van der Waals surface area contributed by atoms with E-state index in [-0.39, 0.29) is 6.42 Å². The number of hydrogen-bond donors (Lipinski definition) is 4. The van der Waals surface area contributed by atoms with Crippen molar-refractivity contribution in [2.45, 2.75) is 57.4 Å². The van der Waals surface area contributed by atoms with Gasteiger partial charge in [-0.1, -0.05) is 49.1 Å². The molecule has 2 aromatic carbocycles. The molecule has 0 spiro atoms. The summed E-state index contributed by atoms with van der Waals surface area (Å²) >= 11 is 0. The van der Waals surface area contributed by atoms with Crippen LogP contribution in [0.2, 0.25) is 0 Å². The van der Waals surface area contributed by atoms with Gasteiger partial charge in [0.1, 0.15) is 5.75 Å². The molecule has 0 saturated heterocycles. The normalized spacial score (nSPS) is 26.9. The van der Waals surface area contributed by atoms with Crippen LogP contribution in [-0.4, -0.2) is 41.5 Å². The maximum absolute atomic E-state index is 10.9. The average Bonchev–Trinajstić information content (AvgIpc) is 2.94. The Morgan fingerprint density at radius 1 is 1.10 bits per heavy atom. The van der Waals surface area contributed by atoms with Crippen LogP contribution in [0, 0.1) is 0 Å². The first kappa shape index (κ1) is 8.55. The molecule has 0 fully saturated rings. The van der Waals surface area contributed by atoms with Gasteiger partial charge < -0.3 is 25.4 Å². The van der Waals surface area contributed by atoms with Crippen molar-refractivity contribution in [1.82, 2.24) is 5.32 Å². The van der Waals surface area contributed by atoms with E-state index >= 15 is 0 Å². The number of aromatic hydroxyl groups is 1. The highest BCUT2D eigenvalue weighted by Crippen LogP contribution is 2.22. The molecule has 5 nitrogen and oxygen atoms in total. The molecule has 0 aliphatic heterocycles. The number of nitrogens with one attached hydrogen (secondary N) is 1. The van der Waals surface area contributed by atoms with Crippen LogP contribution < -0.4 is 5.32 Å². The molecule has 1 atom stereocenters. The van der Waals surface area contributed by atoms with Crippen LogP contribution in [0.1, 0.15) is 88.5 Å². The Bertz CT molecular complexity index is 1510. The summed E-state index contributed by atoms with van der Waals surface area (Å²) in [6, 6.07) is 4.58. The van der Waals surface area contributed by atoms with Gasteiger partial charge in [0.15, 0.2) is 0 Å². The van der Waals surface area contributed by atoms with Crippen LogP contribution in [0.15, 0.2) is 48.5 Å². The number of aliphatic hydroxyl groups is 2. The van der Waals surface area contributed by atoms with E-state index < -0.39 is 99.3 Å². The van der Waals surface area contributed by atoms with E-state index in [9.17, 15) is 15.3 Å². The van der Waals surface area contributed by atoms with Crippen molar-refractivity contribution in [1.29, 1.82) is 0 Å². The van der Waals surface area contributed by atoms with Gasteiger partial charge in [0.2, 0.25) is 0 Å². The predicted molar refractivity (Wildman–Crippen MR) is 121 cm³/mol. The van der Waals surface area contributed by atoms with Crippen LogP contribution in [-0.2, 0) is 17.7 Å². The zero-order valence-corrected chi connectivity index (χ0v) is 16.0. The first-order valence-corrected chi connectivity index (χ1v) is 8.93. The summed E-state index contributed by atoms with van der Waals surface area (Å²) in [7, 11) is 0. The van der Waals surface area contributed by atoms with E-state index in [1.165, 1.54) is 0 Å². The lowest BCUT2D eigenvalue weighted by Gasteiger charge is -2.14. The van der Waals surface area contributed by atoms with E-state index in [2.05, 4.69) is 0 Å². The van der Waals surface area contributed by atoms with Crippen LogP contribution in [0.5, 0.6) is 5.75 Å². The van der Waals surface area contributed by atoms with E-state index in [0.717, 1.165) is 10.9 Å². The average molecular weight is 436 g/mol. The van der Waals surface area contributed by atoms with Crippen LogP contribution in [0.4, 0.5) is 0 Å². The Labute approximate surface area is 208 Å². The third kappa shape index (κ3) is 9.72. The molecule has 0 bridgehead atoms. The summed E-state index contributed by atoms with van der Waals surface area (Å²) in [5.41, 5.74) is -2.19. The Hall–Kier alpha value is -1.92. The lowest BCUT2D eigenvalue weighted by Crippen LogP contribution is -2.22. The maximum Gasteiger partial charge on any atom is 0.121 e. The standard InChI is InChI=1S/C25H37NO4/c27-20-23-18-22(13-14-24(23)28)25(29)19-26-15-7-1-2-8-16-30-17-9-6-12-21-10-4-3-5-11-21/h3-5,10-11,13-14,18,25-29H,1-2,6-9,12,15-17,19-20H2/i1D2,2D2,7D2,8D2,13D,14D,15D2,16D2,18D,19D2,20D2,25D. The molecule has 30 heavy (non-hydrogen) atoms. The zero-order valence-electron chi connectivity index (χ0n) is 36.0. The summed E-state index contributed by atoms with van der Waals surface area (Å²) in [5, 5.41) is 31.9. The fraction of sp³-hybridized carbons (Fsp3) is 0.520. The Kier molecular flexibility index (Phi) is 4.26.